The van der Waals surface area contributed by atoms with E-state index in [1.165, 1.54) is 6.07 Å². The van der Waals surface area contributed by atoms with E-state index in [1.807, 2.05) is 54.6 Å². The van der Waals surface area contributed by atoms with Crippen LogP contribution in [0.5, 0.6) is 0 Å². The highest BCUT2D eigenvalue weighted by Gasteiger charge is 2.22. The van der Waals surface area contributed by atoms with E-state index in [9.17, 15) is 17.6 Å². The smallest absolute Gasteiger partial charge is 0.199 e. The number of halogens is 4. The number of fused-ring (bicyclic) bond motifs is 5. The summed E-state index contributed by atoms with van der Waals surface area (Å²) < 4.78 is 58.0. The topological polar surface area (TPSA) is 17.8 Å². The van der Waals surface area contributed by atoms with Crippen molar-refractivity contribution in [2.45, 2.75) is 0 Å². The van der Waals surface area contributed by atoms with E-state index >= 15 is 0 Å². The van der Waals surface area contributed by atoms with Crippen LogP contribution in [0.4, 0.5) is 17.6 Å². The van der Waals surface area contributed by atoms with Crippen molar-refractivity contribution in [1.29, 1.82) is 0 Å². The van der Waals surface area contributed by atoms with Crippen LogP contribution in [0.2, 0.25) is 0 Å². The van der Waals surface area contributed by atoms with Crippen molar-refractivity contribution in [3.63, 3.8) is 0 Å². The van der Waals surface area contributed by atoms with E-state index in [0.717, 1.165) is 27.5 Å². The van der Waals surface area contributed by atoms with Crippen molar-refractivity contribution < 1.29 is 17.6 Å². The third-order valence-corrected chi connectivity index (χ3v) is 5.66. The SMILES string of the molecule is Fc1c(F)c(F)c2nc3ccc(-n4c5ccccc5c5ccccc54)cc3cc2c1F. The highest BCUT2D eigenvalue weighted by Crippen LogP contribution is 2.34. The van der Waals surface area contributed by atoms with Gasteiger partial charge in [-0.15, -0.1) is 0 Å². The van der Waals surface area contributed by atoms with Crippen LogP contribution < -0.4 is 0 Å². The molecule has 6 aromatic rings. The van der Waals surface area contributed by atoms with Gasteiger partial charge in [-0.2, -0.15) is 0 Å². The molecule has 0 fully saturated rings. The van der Waals surface area contributed by atoms with Gasteiger partial charge in [-0.1, -0.05) is 36.4 Å². The maximum atomic E-state index is 14.3. The van der Waals surface area contributed by atoms with Crippen LogP contribution in [0.3, 0.4) is 0 Å². The van der Waals surface area contributed by atoms with E-state index in [4.69, 9.17) is 0 Å². The lowest BCUT2D eigenvalue weighted by Crippen LogP contribution is -2.00. The van der Waals surface area contributed by atoms with Gasteiger partial charge in [0.1, 0.15) is 5.52 Å². The second kappa shape index (κ2) is 6.28. The van der Waals surface area contributed by atoms with Gasteiger partial charge in [0.15, 0.2) is 23.3 Å². The standard InChI is InChI=1S/C25H12F4N2/c26-21-17-12-13-11-14(9-10-18(13)30-25(17)24(29)23(28)22(21)27)31-19-7-3-1-5-15(19)16-6-2-4-8-20(16)31/h1-12H. The third-order valence-electron chi connectivity index (χ3n) is 5.66. The summed E-state index contributed by atoms with van der Waals surface area (Å²) in [5.41, 5.74) is 2.58. The molecule has 2 heterocycles. The van der Waals surface area contributed by atoms with Gasteiger partial charge < -0.3 is 4.57 Å². The first-order valence-corrected chi connectivity index (χ1v) is 9.59. The Balaban J connectivity index is 1.69. The highest BCUT2D eigenvalue weighted by atomic mass is 19.2. The van der Waals surface area contributed by atoms with Crippen LogP contribution in [0.15, 0.2) is 72.8 Å². The zero-order valence-corrected chi connectivity index (χ0v) is 15.8. The first kappa shape index (κ1) is 17.9. The molecule has 0 amide bonds. The fraction of sp³-hybridized carbons (Fsp3) is 0. The molecule has 0 bridgehead atoms. The Bertz CT molecular complexity index is 1630. The molecule has 6 rings (SSSR count). The average molecular weight is 416 g/mol. The fourth-order valence-electron chi connectivity index (χ4n) is 4.25. The molecule has 0 aliphatic heterocycles. The monoisotopic (exact) mass is 416 g/mol. The van der Waals surface area contributed by atoms with Gasteiger partial charge in [0.2, 0.25) is 0 Å². The number of pyridine rings is 1. The number of nitrogens with zero attached hydrogens (tertiary/aromatic N) is 2. The van der Waals surface area contributed by atoms with Gasteiger partial charge in [-0.25, -0.2) is 22.5 Å². The molecular formula is C25H12F4N2. The number of hydrogen-bond acceptors (Lipinski definition) is 1. The molecule has 0 unspecified atom stereocenters. The Kier molecular flexibility index (Phi) is 3.63. The number of hydrogen-bond donors (Lipinski definition) is 0. The average Bonchev–Trinajstić information content (AvgIpc) is 3.14. The number of aromatic nitrogens is 2. The van der Waals surface area contributed by atoms with Crippen LogP contribution >= 0.6 is 0 Å². The highest BCUT2D eigenvalue weighted by molar-refractivity contribution is 6.09. The van der Waals surface area contributed by atoms with Crippen LogP contribution in [0.25, 0.3) is 49.3 Å². The Morgan fingerprint density at radius 3 is 1.87 bits per heavy atom. The van der Waals surface area contributed by atoms with Crippen molar-refractivity contribution in [2.24, 2.45) is 0 Å². The molecule has 0 saturated carbocycles. The van der Waals surface area contributed by atoms with E-state index < -0.39 is 34.2 Å². The second-order valence-electron chi connectivity index (χ2n) is 7.39. The molecule has 0 spiro atoms. The predicted molar refractivity (Wildman–Crippen MR) is 113 cm³/mol. The molecular weight excluding hydrogens is 404 g/mol. The van der Waals surface area contributed by atoms with Crippen molar-refractivity contribution in [1.82, 2.24) is 9.55 Å². The summed E-state index contributed by atoms with van der Waals surface area (Å²) in [6.07, 6.45) is 0. The lowest BCUT2D eigenvalue weighted by Gasteiger charge is -2.10. The molecule has 2 aromatic heterocycles. The van der Waals surface area contributed by atoms with Crippen LogP contribution in [0, 0.1) is 23.3 Å². The lowest BCUT2D eigenvalue weighted by molar-refractivity contribution is 0.417. The number of para-hydroxylation sites is 2. The van der Waals surface area contributed by atoms with E-state index in [2.05, 4.69) is 9.55 Å². The van der Waals surface area contributed by atoms with Crippen molar-refractivity contribution >= 4 is 43.6 Å². The quantitative estimate of drug-likeness (QED) is 0.122. The minimum Gasteiger partial charge on any atom is -0.309 e. The van der Waals surface area contributed by atoms with Gasteiger partial charge in [0.25, 0.3) is 0 Å². The number of rotatable bonds is 1. The summed E-state index contributed by atoms with van der Waals surface area (Å²) >= 11 is 0. The molecule has 31 heavy (non-hydrogen) atoms. The predicted octanol–water partition coefficient (Wildman–Crippen LogP) is 7.04. The summed E-state index contributed by atoms with van der Waals surface area (Å²) in [5.74, 6) is -6.66. The van der Waals surface area contributed by atoms with E-state index in [1.54, 1.807) is 12.1 Å². The van der Waals surface area contributed by atoms with Gasteiger partial charge in [0, 0.05) is 27.2 Å². The van der Waals surface area contributed by atoms with Gasteiger partial charge >= 0.3 is 0 Å². The zero-order chi connectivity index (χ0) is 21.3. The molecule has 0 radical (unpaired) electrons. The van der Waals surface area contributed by atoms with Gasteiger partial charge in [-0.3, -0.25) is 0 Å². The van der Waals surface area contributed by atoms with Crippen molar-refractivity contribution in [3.05, 3.63) is 96.1 Å². The third kappa shape index (κ3) is 2.42. The molecule has 6 heteroatoms. The summed E-state index contributed by atoms with van der Waals surface area (Å²) in [5, 5.41) is 2.25. The maximum Gasteiger partial charge on any atom is 0.199 e. The molecule has 0 atom stereocenters. The van der Waals surface area contributed by atoms with Crippen molar-refractivity contribution in [2.75, 3.05) is 0 Å². The molecule has 2 nitrogen and oxygen atoms in total. The lowest BCUT2D eigenvalue weighted by atomic mass is 10.1. The molecule has 0 aliphatic rings. The van der Waals surface area contributed by atoms with E-state index in [-0.39, 0.29) is 0 Å². The minimum absolute atomic E-state index is 0.348. The van der Waals surface area contributed by atoms with Crippen molar-refractivity contribution in [3.8, 4) is 5.69 Å². The number of benzene rings is 4. The van der Waals surface area contributed by atoms with Crippen LogP contribution in [-0.4, -0.2) is 9.55 Å². The maximum absolute atomic E-state index is 14.3. The normalized spacial score (nSPS) is 11.9. The second-order valence-corrected chi connectivity index (χ2v) is 7.39. The Hall–Kier alpha value is -3.93. The Labute approximate surface area is 173 Å². The first-order valence-electron chi connectivity index (χ1n) is 9.59. The van der Waals surface area contributed by atoms with Crippen LogP contribution in [-0.2, 0) is 0 Å². The molecule has 0 aliphatic carbocycles. The molecule has 150 valence electrons. The van der Waals surface area contributed by atoms with Gasteiger partial charge in [-0.05, 0) is 36.4 Å². The zero-order valence-electron chi connectivity index (χ0n) is 15.8. The van der Waals surface area contributed by atoms with Gasteiger partial charge in [0.05, 0.1) is 16.6 Å². The van der Waals surface area contributed by atoms with E-state index in [0.29, 0.717) is 10.9 Å². The minimum atomic E-state index is -1.86. The Morgan fingerprint density at radius 1 is 0.581 bits per heavy atom. The first-order chi connectivity index (χ1) is 15.0. The molecule has 0 saturated heterocycles. The largest absolute Gasteiger partial charge is 0.309 e. The molecule has 4 aromatic carbocycles. The summed E-state index contributed by atoms with van der Waals surface area (Å²) in [6.45, 7) is 0. The summed E-state index contributed by atoms with van der Waals surface area (Å²) in [4.78, 5) is 4.06. The fourth-order valence-corrected chi connectivity index (χ4v) is 4.25. The summed E-state index contributed by atoms with van der Waals surface area (Å²) in [7, 11) is 0. The van der Waals surface area contributed by atoms with Crippen LogP contribution in [0.1, 0.15) is 0 Å². The Morgan fingerprint density at radius 2 is 1.19 bits per heavy atom. The molecule has 0 N–H and O–H groups in total. The summed E-state index contributed by atoms with van der Waals surface area (Å²) in [6, 6.07) is 22.5.